The predicted molar refractivity (Wildman–Crippen MR) is 109 cm³/mol. The number of carbonyl (C=O) groups excluding carboxylic acids is 2. The number of carbonyl (C=O) groups is 2. The van der Waals surface area contributed by atoms with E-state index < -0.39 is 0 Å². The molecule has 0 aromatic heterocycles. The lowest BCUT2D eigenvalue weighted by molar-refractivity contribution is -0.121. The van der Waals surface area contributed by atoms with Gasteiger partial charge in [-0.3, -0.25) is 14.5 Å². The van der Waals surface area contributed by atoms with Gasteiger partial charge in [0.15, 0.2) is 5.78 Å². The molecule has 4 nitrogen and oxygen atoms in total. The zero-order valence-corrected chi connectivity index (χ0v) is 16.2. The first-order valence-corrected chi connectivity index (χ1v) is 9.73. The fourth-order valence-corrected chi connectivity index (χ4v) is 3.72. The first-order chi connectivity index (χ1) is 13.0. The Balaban J connectivity index is 1.51. The van der Waals surface area contributed by atoms with Crippen molar-refractivity contribution in [2.75, 3.05) is 18.4 Å². The predicted octanol–water partition coefficient (Wildman–Crippen LogP) is 4.17. The maximum absolute atomic E-state index is 12.6. The van der Waals surface area contributed by atoms with E-state index in [1.807, 2.05) is 13.0 Å². The van der Waals surface area contributed by atoms with E-state index in [2.05, 4.69) is 40.5 Å². The number of rotatable bonds is 6. The number of Topliss-reactive ketones (excluding diaryl/α,β-unsaturated/α-hetero) is 1. The smallest absolute Gasteiger partial charge is 0.241 e. The van der Waals surface area contributed by atoms with Crippen molar-refractivity contribution in [3.8, 4) is 0 Å². The Hall–Kier alpha value is -2.46. The molecule has 1 aliphatic heterocycles. The van der Waals surface area contributed by atoms with Crippen LogP contribution in [-0.2, 0) is 11.2 Å². The largest absolute Gasteiger partial charge is 0.325 e. The minimum atomic E-state index is -0.177. The number of amides is 1. The molecule has 0 saturated carbocycles. The van der Waals surface area contributed by atoms with Gasteiger partial charge in [-0.05, 0) is 69.8 Å². The molecule has 2 aromatic rings. The van der Waals surface area contributed by atoms with Crippen LogP contribution in [0, 0.1) is 5.92 Å². The quantitative estimate of drug-likeness (QED) is 0.783. The Bertz CT molecular complexity index is 780. The van der Waals surface area contributed by atoms with Crippen molar-refractivity contribution < 1.29 is 9.59 Å². The van der Waals surface area contributed by atoms with Gasteiger partial charge in [0.25, 0.3) is 0 Å². The lowest BCUT2D eigenvalue weighted by Gasteiger charge is -2.35. The summed E-state index contributed by atoms with van der Waals surface area (Å²) in [5, 5.41) is 2.95. The van der Waals surface area contributed by atoms with Crippen molar-refractivity contribution in [1.82, 2.24) is 4.90 Å². The summed E-state index contributed by atoms with van der Waals surface area (Å²) in [7, 11) is 0. The van der Waals surface area contributed by atoms with Crippen LogP contribution >= 0.6 is 0 Å². The number of ketones is 1. The molecule has 142 valence electrons. The topological polar surface area (TPSA) is 49.4 Å². The summed E-state index contributed by atoms with van der Waals surface area (Å²) in [6, 6.07) is 17.6. The maximum Gasteiger partial charge on any atom is 0.241 e. The van der Waals surface area contributed by atoms with Crippen molar-refractivity contribution in [3.63, 3.8) is 0 Å². The molecule has 1 aliphatic rings. The van der Waals surface area contributed by atoms with Gasteiger partial charge in [-0.2, -0.15) is 0 Å². The molecule has 1 heterocycles. The number of piperidine rings is 1. The molecule has 1 atom stereocenters. The third-order valence-electron chi connectivity index (χ3n) is 5.48. The third kappa shape index (κ3) is 5.27. The van der Waals surface area contributed by atoms with Crippen LogP contribution < -0.4 is 5.32 Å². The fraction of sp³-hybridized carbons (Fsp3) is 0.391. The summed E-state index contributed by atoms with van der Waals surface area (Å²) in [4.78, 5) is 26.4. The van der Waals surface area contributed by atoms with Gasteiger partial charge < -0.3 is 5.32 Å². The molecule has 0 bridgehead atoms. The van der Waals surface area contributed by atoms with E-state index in [1.54, 1.807) is 18.2 Å². The Morgan fingerprint density at radius 3 is 2.44 bits per heavy atom. The van der Waals surface area contributed by atoms with Crippen molar-refractivity contribution in [2.45, 2.75) is 39.2 Å². The van der Waals surface area contributed by atoms with E-state index in [1.165, 1.54) is 12.5 Å². The highest BCUT2D eigenvalue weighted by Gasteiger charge is 2.26. The third-order valence-corrected chi connectivity index (χ3v) is 5.48. The highest BCUT2D eigenvalue weighted by Crippen LogP contribution is 2.23. The summed E-state index contributed by atoms with van der Waals surface area (Å²) < 4.78 is 0. The van der Waals surface area contributed by atoms with Crippen LogP contribution in [0.4, 0.5) is 5.69 Å². The molecule has 1 saturated heterocycles. The molecule has 2 aromatic carbocycles. The van der Waals surface area contributed by atoms with E-state index in [9.17, 15) is 9.59 Å². The molecule has 4 heteroatoms. The van der Waals surface area contributed by atoms with Crippen molar-refractivity contribution in [2.24, 2.45) is 5.92 Å². The summed E-state index contributed by atoms with van der Waals surface area (Å²) in [5.41, 5.74) is 2.69. The molecule has 1 N–H and O–H groups in total. The first-order valence-electron chi connectivity index (χ1n) is 9.73. The Kier molecular flexibility index (Phi) is 6.40. The summed E-state index contributed by atoms with van der Waals surface area (Å²) in [6.07, 6.45) is 3.35. The molecule has 3 rings (SSSR count). The molecular formula is C23H28N2O2. The van der Waals surface area contributed by atoms with Gasteiger partial charge in [0, 0.05) is 11.3 Å². The van der Waals surface area contributed by atoms with Crippen LogP contribution in [0.2, 0.25) is 0 Å². The summed E-state index contributed by atoms with van der Waals surface area (Å²) in [6.45, 7) is 5.38. The number of nitrogens with zero attached hydrogens (tertiary/aromatic N) is 1. The number of likely N-dealkylation sites (tertiary alicyclic amines) is 1. The molecule has 0 radical (unpaired) electrons. The molecular weight excluding hydrogens is 336 g/mol. The minimum Gasteiger partial charge on any atom is -0.325 e. The van der Waals surface area contributed by atoms with Crippen LogP contribution in [0.25, 0.3) is 0 Å². The molecule has 27 heavy (non-hydrogen) atoms. The SMILES string of the molecule is CC(=O)c1cccc(NC(=O)C(C)N2CCC(Cc3ccccc3)CC2)c1. The van der Waals surface area contributed by atoms with Crippen LogP contribution in [0.15, 0.2) is 54.6 Å². The number of hydrogen-bond donors (Lipinski definition) is 1. The van der Waals surface area contributed by atoms with E-state index >= 15 is 0 Å². The lowest BCUT2D eigenvalue weighted by atomic mass is 9.89. The van der Waals surface area contributed by atoms with Gasteiger partial charge in [0.2, 0.25) is 5.91 Å². The normalized spacial score (nSPS) is 16.7. The van der Waals surface area contributed by atoms with Gasteiger partial charge >= 0.3 is 0 Å². The number of anilines is 1. The van der Waals surface area contributed by atoms with Gasteiger partial charge in [0.1, 0.15) is 0 Å². The zero-order valence-electron chi connectivity index (χ0n) is 16.2. The van der Waals surface area contributed by atoms with E-state index in [4.69, 9.17) is 0 Å². The average molecular weight is 364 g/mol. The molecule has 0 aliphatic carbocycles. The number of nitrogens with one attached hydrogen (secondary N) is 1. The maximum atomic E-state index is 12.6. The minimum absolute atomic E-state index is 0.000337. The fourth-order valence-electron chi connectivity index (χ4n) is 3.72. The van der Waals surface area contributed by atoms with Crippen molar-refractivity contribution in [1.29, 1.82) is 0 Å². The van der Waals surface area contributed by atoms with Crippen molar-refractivity contribution >= 4 is 17.4 Å². The molecule has 0 spiro atoms. The van der Waals surface area contributed by atoms with Crippen LogP contribution in [-0.4, -0.2) is 35.7 Å². The van der Waals surface area contributed by atoms with Gasteiger partial charge in [-0.25, -0.2) is 0 Å². The first kappa shape index (κ1) is 19.3. The highest BCUT2D eigenvalue weighted by atomic mass is 16.2. The molecule has 1 fully saturated rings. The van der Waals surface area contributed by atoms with E-state index in [-0.39, 0.29) is 17.7 Å². The standard InChI is InChI=1S/C23H28N2O2/c1-17(23(27)24-22-10-6-9-21(16-22)18(2)26)25-13-11-20(12-14-25)15-19-7-4-3-5-8-19/h3-10,16-17,20H,11-15H2,1-2H3,(H,24,27). The number of benzene rings is 2. The summed E-state index contributed by atoms with van der Waals surface area (Å²) in [5.74, 6) is 0.669. The van der Waals surface area contributed by atoms with Gasteiger partial charge in [-0.1, -0.05) is 42.5 Å². The van der Waals surface area contributed by atoms with E-state index in [0.29, 0.717) is 17.2 Å². The van der Waals surface area contributed by atoms with Gasteiger partial charge in [0.05, 0.1) is 6.04 Å². The van der Waals surface area contributed by atoms with Crippen molar-refractivity contribution in [3.05, 3.63) is 65.7 Å². The monoisotopic (exact) mass is 364 g/mol. The Morgan fingerprint density at radius 1 is 1.07 bits per heavy atom. The Labute approximate surface area is 161 Å². The van der Waals surface area contributed by atoms with E-state index in [0.717, 1.165) is 32.4 Å². The second-order valence-electron chi connectivity index (χ2n) is 7.47. The van der Waals surface area contributed by atoms with Crippen LogP contribution in [0.3, 0.4) is 0 Å². The molecule has 1 unspecified atom stereocenters. The molecule has 1 amide bonds. The second-order valence-corrected chi connectivity index (χ2v) is 7.47. The highest BCUT2D eigenvalue weighted by molar-refractivity contribution is 5.98. The zero-order chi connectivity index (χ0) is 19.2. The van der Waals surface area contributed by atoms with Gasteiger partial charge in [-0.15, -0.1) is 0 Å². The Morgan fingerprint density at radius 2 is 1.78 bits per heavy atom. The average Bonchev–Trinajstić information content (AvgIpc) is 2.69. The lowest BCUT2D eigenvalue weighted by Crippen LogP contribution is -2.46. The second kappa shape index (κ2) is 8.96. The van der Waals surface area contributed by atoms with Crippen LogP contribution in [0.1, 0.15) is 42.6 Å². The van der Waals surface area contributed by atoms with Crippen LogP contribution in [0.5, 0.6) is 0 Å². The number of hydrogen-bond acceptors (Lipinski definition) is 3. The summed E-state index contributed by atoms with van der Waals surface area (Å²) >= 11 is 0.